The van der Waals surface area contributed by atoms with Gasteiger partial charge in [0.1, 0.15) is 11.3 Å². The zero-order valence-corrected chi connectivity index (χ0v) is 20.8. The van der Waals surface area contributed by atoms with Crippen LogP contribution >= 0.6 is 0 Å². The Labute approximate surface area is 213 Å². The van der Waals surface area contributed by atoms with Crippen molar-refractivity contribution in [2.75, 3.05) is 7.11 Å². The fourth-order valence-corrected chi connectivity index (χ4v) is 7.57. The van der Waals surface area contributed by atoms with Crippen LogP contribution in [0.4, 0.5) is 13.2 Å². The highest BCUT2D eigenvalue weighted by molar-refractivity contribution is 5.49. The molecule has 3 aromatic rings. The summed E-state index contributed by atoms with van der Waals surface area (Å²) in [4.78, 5) is 0. The van der Waals surface area contributed by atoms with Crippen LogP contribution < -0.4 is 4.74 Å². The standard InChI is InChI=1S/C28H30F3N3O3/c1-26-11-9-19-20(8-3-16-13-23(35)24(37-2)14-21(16)19)22(26)10-12-27(26,36)25-15-34(33-32-25)18-6-4-17(5-7-18)28(29,30)31/h4-7,13-15,19-20,22,35-36H,3,8-12H2,1-2H3/t19-,20+,22-,26-,27+/m0/s1. The van der Waals surface area contributed by atoms with E-state index in [1.165, 1.54) is 27.9 Å². The van der Waals surface area contributed by atoms with E-state index in [2.05, 4.69) is 17.2 Å². The number of phenolic OH excluding ortho intramolecular Hbond substituents is 1. The maximum atomic E-state index is 13.0. The van der Waals surface area contributed by atoms with Crippen molar-refractivity contribution in [3.05, 3.63) is 65.0 Å². The number of nitrogens with zero attached hydrogens (tertiary/aromatic N) is 3. The highest BCUT2D eigenvalue weighted by Gasteiger charge is 2.63. The number of phenols is 1. The Kier molecular flexibility index (Phi) is 5.39. The van der Waals surface area contributed by atoms with Gasteiger partial charge in [0.05, 0.1) is 24.6 Å². The lowest BCUT2D eigenvalue weighted by atomic mass is 9.53. The molecule has 6 nitrogen and oxygen atoms in total. The van der Waals surface area contributed by atoms with Gasteiger partial charge in [0, 0.05) is 5.41 Å². The van der Waals surface area contributed by atoms with Crippen molar-refractivity contribution in [2.45, 2.75) is 63.1 Å². The second-order valence-electron chi connectivity index (χ2n) is 11.1. The van der Waals surface area contributed by atoms with Crippen LogP contribution in [0.2, 0.25) is 0 Å². The topological polar surface area (TPSA) is 80.4 Å². The summed E-state index contributed by atoms with van der Waals surface area (Å²) in [5.74, 6) is 1.71. The molecule has 1 aromatic heterocycles. The Hall–Kier alpha value is -3.07. The van der Waals surface area contributed by atoms with Crippen molar-refractivity contribution < 1.29 is 28.1 Å². The van der Waals surface area contributed by atoms with Crippen molar-refractivity contribution >= 4 is 0 Å². The van der Waals surface area contributed by atoms with Gasteiger partial charge in [-0.2, -0.15) is 13.2 Å². The molecule has 37 heavy (non-hydrogen) atoms. The van der Waals surface area contributed by atoms with Gasteiger partial charge < -0.3 is 14.9 Å². The van der Waals surface area contributed by atoms with E-state index in [-0.39, 0.29) is 5.75 Å². The Balaban J connectivity index is 1.29. The third kappa shape index (κ3) is 3.57. The van der Waals surface area contributed by atoms with Crippen molar-refractivity contribution in [1.82, 2.24) is 15.0 Å². The molecule has 2 aromatic carbocycles. The van der Waals surface area contributed by atoms with Gasteiger partial charge in [-0.3, -0.25) is 0 Å². The van der Waals surface area contributed by atoms with Gasteiger partial charge in [-0.05, 0) is 104 Å². The average molecular weight is 514 g/mol. The number of hydrogen-bond acceptors (Lipinski definition) is 5. The Bertz CT molecular complexity index is 1340. The van der Waals surface area contributed by atoms with E-state index in [0.717, 1.165) is 44.2 Å². The van der Waals surface area contributed by atoms with Gasteiger partial charge >= 0.3 is 6.18 Å². The summed E-state index contributed by atoms with van der Waals surface area (Å²) < 4.78 is 45.7. The number of rotatable bonds is 3. The Morgan fingerprint density at radius 3 is 2.54 bits per heavy atom. The molecule has 3 aliphatic rings. The van der Waals surface area contributed by atoms with Crippen molar-refractivity contribution in [1.29, 1.82) is 0 Å². The average Bonchev–Trinajstić information content (AvgIpc) is 3.47. The van der Waals surface area contributed by atoms with Crippen LogP contribution in [-0.2, 0) is 18.2 Å². The second kappa shape index (κ2) is 8.21. The molecule has 0 spiro atoms. The molecule has 6 rings (SSSR count). The summed E-state index contributed by atoms with van der Waals surface area (Å²) in [6.45, 7) is 2.16. The van der Waals surface area contributed by atoms with Crippen LogP contribution in [0.25, 0.3) is 5.69 Å². The van der Waals surface area contributed by atoms with E-state index in [9.17, 15) is 23.4 Å². The molecule has 0 aliphatic heterocycles. The molecule has 0 unspecified atom stereocenters. The van der Waals surface area contributed by atoms with Gasteiger partial charge in [-0.25, -0.2) is 4.68 Å². The summed E-state index contributed by atoms with van der Waals surface area (Å²) >= 11 is 0. The van der Waals surface area contributed by atoms with E-state index < -0.39 is 22.8 Å². The number of fused-ring (bicyclic) bond motifs is 5. The first kappa shape index (κ1) is 24.3. The van der Waals surface area contributed by atoms with E-state index in [4.69, 9.17) is 4.74 Å². The largest absolute Gasteiger partial charge is 0.504 e. The number of hydrogen-bond donors (Lipinski definition) is 2. The van der Waals surface area contributed by atoms with Gasteiger partial charge in [0.25, 0.3) is 0 Å². The van der Waals surface area contributed by atoms with Crippen LogP contribution in [0.5, 0.6) is 11.5 Å². The minimum absolute atomic E-state index is 0.173. The fourth-order valence-electron chi connectivity index (χ4n) is 7.57. The first-order valence-electron chi connectivity index (χ1n) is 12.8. The molecular weight excluding hydrogens is 483 g/mol. The van der Waals surface area contributed by atoms with E-state index in [1.807, 2.05) is 12.1 Å². The minimum Gasteiger partial charge on any atom is -0.504 e. The molecule has 0 amide bonds. The molecule has 3 aliphatic carbocycles. The molecular formula is C28H30F3N3O3. The lowest BCUT2D eigenvalue weighted by Crippen LogP contribution is -2.49. The molecule has 196 valence electrons. The normalized spacial score (nSPS) is 30.9. The summed E-state index contributed by atoms with van der Waals surface area (Å²) in [5, 5.41) is 30.9. The molecule has 2 saturated carbocycles. The van der Waals surface area contributed by atoms with Crippen molar-refractivity contribution in [2.24, 2.45) is 17.3 Å². The number of ether oxygens (including phenoxy) is 1. The number of methoxy groups -OCH3 is 1. The number of aliphatic hydroxyl groups is 1. The molecule has 0 radical (unpaired) electrons. The predicted molar refractivity (Wildman–Crippen MR) is 130 cm³/mol. The van der Waals surface area contributed by atoms with Crippen LogP contribution in [0.3, 0.4) is 0 Å². The summed E-state index contributed by atoms with van der Waals surface area (Å²) in [5.41, 5.74) is 1.07. The Morgan fingerprint density at radius 1 is 1.08 bits per heavy atom. The number of benzene rings is 2. The highest BCUT2D eigenvalue weighted by Crippen LogP contribution is 2.67. The van der Waals surface area contributed by atoms with Gasteiger partial charge in [0.15, 0.2) is 11.5 Å². The SMILES string of the molecule is COc1cc2c(cc1O)CC[C@@H]1[C@@H]2CC[C@@]2(C)[C@H]1CC[C@@]2(O)c1cn(-c2ccc(C(F)(F)F)cc2)nn1. The molecule has 9 heteroatoms. The van der Waals surface area contributed by atoms with Crippen molar-refractivity contribution in [3.8, 4) is 17.2 Å². The zero-order valence-electron chi connectivity index (χ0n) is 20.8. The third-order valence-corrected chi connectivity index (χ3v) is 9.55. The monoisotopic (exact) mass is 513 g/mol. The van der Waals surface area contributed by atoms with Crippen LogP contribution in [-0.4, -0.2) is 32.3 Å². The van der Waals surface area contributed by atoms with E-state index in [1.54, 1.807) is 13.3 Å². The van der Waals surface area contributed by atoms with E-state index in [0.29, 0.717) is 41.3 Å². The minimum atomic E-state index is -4.40. The summed E-state index contributed by atoms with van der Waals surface area (Å²) in [6, 6.07) is 8.59. The quantitative estimate of drug-likeness (QED) is 0.467. The fraction of sp³-hybridized carbons (Fsp3) is 0.500. The van der Waals surface area contributed by atoms with Crippen molar-refractivity contribution in [3.63, 3.8) is 0 Å². The first-order valence-corrected chi connectivity index (χ1v) is 12.8. The number of aromatic nitrogens is 3. The highest BCUT2D eigenvalue weighted by atomic mass is 19.4. The van der Waals surface area contributed by atoms with Gasteiger partial charge in [0.2, 0.25) is 0 Å². The molecule has 2 N–H and O–H groups in total. The third-order valence-electron chi connectivity index (χ3n) is 9.55. The van der Waals surface area contributed by atoms with E-state index >= 15 is 0 Å². The molecule has 5 atom stereocenters. The summed E-state index contributed by atoms with van der Waals surface area (Å²) in [6.07, 6.45) is 2.28. The van der Waals surface area contributed by atoms with Crippen LogP contribution in [0.15, 0.2) is 42.6 Å². The van der Waals surface area contributed by atoms with Gasteiger partial charge in [-0.15, -0.1) is 5.10 Å². The molecule has 0 saturated heterocycles. The van der Waals surface area contributed by atoms with Gasteiger partial charge in [-0.1, -0.05) is 12.1 Å². The summed E-state index contributed by atoms with van der Waals surface area (Å²) in [7, 11) is 1.56. The maximum absolute atomic E-state index is 13.0. The molecule has 0 bridgehead atoms. The smallest absolute Gasteiger partial charge is 0.416 e. The number of aromatic hydroxyl groups is 1. The number of alkyl halides is 3. The lowest BCUT2D eigenvalue weighted by Gasteiger charge is -2.52. The predicted octanol–water partition coefficient (Wildman–Crippen LogP) is 5.74. The Morgan fingerprint density at radius 2 is 1.84 bits per heavy atom. The molecule has 1 heterocycles. The van der Waals surface area contributed by atoms with Crippen LogP contribution in [0, 0.1) is 17.3 Å². The maximum Gasteiger partial charge on any atom is 0.416 e. The molecule has 2 fully saturated rings. The number of aryl methyl sites for hydroxylation is 1. The first-order chi connectivity index (χ1) is 17.5. The number of halogens is 3. The zero-order chi connectivity index (χ0) is 26.2. The second-order valence-corrected chi connectivity index (χ2v) is 11.1. The lowest BCUT2D eigenvalue weighted by molar-refractivity contribution is -0.137. The van der Waals surface area contributed by atoms with Crippen LogP contribution in [0.1, 0.15) is 67.3 Å².